The highest BCUT2D eigenvalue weighted by Gasteiger charge is 2.45. The molecule has 3 atom stereocenters. The second-order valence-electron chi connectivity index (χ2n) is 10.2. The molecule has 3 aliphatic rings. The molecule has 2 aromatic rings. The second-order valence-corrected chi connectivity index (χ2v) is 12.2. The number of benzene rings is 2. The SMILES string of the molecule is CN1[C@@H](CCC(=O)N2CCc3ccccc32)CNC(=O)[C@@H]2[C@@H]1CCN2Cc1ccc(S(C)(=O)=O)cc1. The quantitative estimate of drug-likeness (QED) is 0.638. The van der Waals surface area contributed by atoms with E-state index in [0.717, 1.165) is 37.2 Å². The van der Waals surface area contributed by atoms with E-state index < -0.39 is 9.84 Å². The number of fused-ring (bicyclic) bond motifs is 2. The van der Waals surface area contributed by atoms with Gasteiger partial charge in [0.05, 0.1) is 4.90 Å². The number of para-hydroxylation sites is 1. The summed E-state index contributed by atoms with van der Waals surface area (Å²) in [4.78, 5) is 32.8. The molecule has 36 heavy (non-hydrogen) atoms. The fourth-order valence-corrected chi connectivity index (χ4v) is 6.56. The highest BCUT2D eigenvalue weighted by atomic mass is 32.2. The molecule has 5 rings (SSSR count). The van der Waals surface area contributed by atoms with Crippen LogP contribution in [0.2, 0.25) is 0 Å². The number of nitrogens with zero attached hydrogens (tertiary/aromatic N) is 3. The van der Waals surface area contributed by atoms with Crippen LogP contribution in [0, 0.1) is 0 Å². The molecule has 0 saturated carbocycles. The topological polar surface area (TPSA) is 90.0 Å². The van der Waals surface area contributed by atoms with Crippen molar-refractivity contribution in [3.63, 3.8) is 0 Å². The molecule has 1 N–H and O–H groups in total. The third kappa shape index (κ3) is 4.92. The predicted octanol–water partition coefficient (Wildman–Crippen LogP) is 1.83. The van der Waals surface area contributed by atoms with E-state index in [1.807, 2.05) is 35.2 Å². The van der Waals surface area contributed by atoms with Gasteiger partial charge in [-0.3, -0.25) is 19.4 Å². The van der Waals surface area contributed by atoms with E-state index in [4.69, 9.17) is 0 Å². The minimum atomic E-state index is -3.24. The summed E-state index contributed by atoms with van der Waals surface area (Å²) in [5.74, 6) is 0.172. The number of hydrogen-bond donors (Lipinski definition) is 1. The Labute approximate surface area is 213 Å². The highest BCUT2D eigenvalue weighted by Crippen LogP contribution is 2.31. The summed E-state index contributed by atoms with van der Waals surface area (Å²) in [6.45, 7) is 2.64. The van der Waals surface area contributed by atoms with Gasteiger partial charge in [0, 0.05) is 56.6 Å². The molecule has 192 valence electrons. The smallest absolute Gasteiger partial charge is 0.239 e. The average molecular weight is 511 g/mol. The summed E-state index contributed by atoms with van der Waals surface area (Å²) in [5.41, 5.74) is 3.24. The Hall–Kier alpha value is -2.75. The molecule has 0 bridgehead atoms. The number of likely N-dealkylation sites (tertiary alicyclic amines) is 1. The van der Waals surface area contributed by atoms with Gasteiger partial charge in [0.15, 0.2) is 9.84 Å². The third-order valence-electron chi connectivity index (χ3n) is 7.97. The van der Waals surface area contributed by atoms with E-state index in [1.165, 1.54) is 11.8 Å². The normalized spacial score (nSPS) is 24.8. The molecule has 0 radical (unpaired) electrons. The zero-order valence-electron chi connectivity index (χ0n) is 20.9. The van der Waals surface area contributed by atoms with E-state index in [-0.39, 0.29) is 29.9 Å². The fraction of sp³-hybridized carbons (Fsp3) is 0.481. The van der Waals surface area contributed by atoms with E-state index in [1.54, 1.807) is 12.1 Å². The molecule has 2 amide bonds. The Morgan fingerprint density at radius 2 is 1.83 bits per heavy atom. The molecule has 3 aliphatic heterocycles. The lowest BCUT2D eigenvalue weighted by molar-refractivity contribution is -0.126. The minimum Gasteiger partial charge on any atom is -0.353 e. The first-order valence-electron chi connectivity index (χ1n) is 12.6. The lowest BCUT2D eigenvalue weighted by atomic mass is 10.0. The maximum absolute atomic E-state index is 13.1. The lowest BCUT2D eigenvalue weighted by Crippen LogP contribution is -2.49. The Bertz CT molecular complexity index is 1250. The van der Waals surface area contributed by atoms with Crippen LogP contribution in [-0.2, 0) is 32.4 Å². The van der Waals surface area contributed by atoms with Crippen molar-refractivity contribution in [2.45, 2.75) is 55.2 Å². The maximum atomic E-state index is 13.1. The van der Waals surface area contributed by atoms with Gasteiger partial charge in [0.25, 0.3) is 0 Å². The average Bonchev–Trinajstić information content (AvgIpc) is 3.45. The van der Waals surface area contributed by atoms with Gasteiger partial charge in [0.1, 0.15) is 6.04 Å². The van der Waals surface area contributed by atoms with Crippen molar-refractivity contribution in [1.82, 2.24) is 15.1 Å². The number of anilines is 1. The first-order chi connectivity index (χ1) is 17.2. The predicted molar refractivity (Wildman–Crippen MR) is 138 cm³/mol. The molecule has 2 saturated heterocycles. The molecule has 3 heterocycles. The minimum absolute atomic E-state index is 0.0272. The number of rotatable bonds is 6. The van der Waals surface area contributed by atoms with Gasteiger partial charge in [-0.25, -0.2) is 8.42 Å². The maximum Gasteiger partial charge on any atom is 0.239 e. The zero-order valence-corrected chi connectivity index (χ0v) is 21.7. The second kappa shape index (κ2) is 9.95. The van der Waals surface area contributed by atoms with E-state index >= 15 is 0 Å². The number of nitrogens with one attached hydrogen (secondary N) is 1. The fourth-order valence-electron chi connectivity index (χ4n) is 5.93. The first-order valence-corrected chi connectivity index (χ1v) is 14.5. The van der Waals surface area contributed by atoms with E-state index in [2.05, 4.69) is 28.2 Å². The van der Waals surface area contributed by atoms with Gasteiger partial charge < -0.3 is 10.2 Å². The van der Waals surface area contributed by atoms with Crippen LogP contribution in [0.25, 0.3) is 0 Å². The van der Waals surface area contributed by atoms with Crippen molar-refractivity contribution in [3.8, 4) is 0 Å². The number of sulfone groups is 1. The van der Waals surface area contributed by atoms with Crippen LogP contribution in [0.1, 0.15) is 30.4 Å². The summed E-state index contributed by atoms with van der Waals surface area (Å²) in [6, 6.07) is 14.9. The summed E-state index contributed by atoms with van der Waals surface area (Å²) < 4.78 is 23.5. The molecule has 0 aromatic heterocycles. The molecule has 0 spiro atoms. The molecule has 9 heteroatoms. The van der Waals surface area contributed by atoms with Crippen molar-refractivity contribution in [2.24, 2.45) is 0 Å². The van der Waals surface area contributed by atoms with Crippen LogP contribution in [-0.4, -0.2) is 81.1 Å². The van der Waals surface area contributed by atoms with E-state index in [0.29, 0.717) is 30.8 Å². The van der Waals surface area contributed by atoms with Crippen LogP contribution in [0.15, 0.2) is 53.4 Å². The van der Waals surface area contributed by atoms with Gasteiger partial charge in [0.2, 0.25) is 11.8 Å². The van der Waals surface area contributed by atoms with Crippen molar-refractivity contribution in [3.05, 3.63) is 59.7 Å². The molecule has 0 aliphatic carbocycles. The Morgan fingerprint density at radius 1 is 1.08 bits per heavy atom. The van der Waals surface area contributed by atoms with Crippen molar-refractivity contribution in [1.29, 1.82) is 0 Å². The molecular weight excluding hydrogens is 476 g/mol. The Balaban J connectivity index is 1.22. The molecule has 2 fully saturated rings. The Morgan fingerprint density at radius 3 is 2.58 bits per heavy atom. The summed E-state index contributed by atoms with van der Waals surface area (Å²) in [6.07, 6.45) is 4.13. The molecule has 2 aromatic carbocycles. The zero-order chi connectivity index (χ0) is 25.4. The largest absolute Gasteiger partial charge is 0.353 e. The lowest BCUT2D eigenvalue weighted by Gasteiger charge is -2.33. The van der Waals surface area contributed by atoms with Crippen molar-refractivity contribution in [2.75, 3.05) is 37.8 Å². The van der Waals surface area contributed by atoms with Gasteiger partial charge in [-0.15, -0.1) is 0 Å². The van der Waals surface area contributed by atoms with Crippen LogP contribution in [0.3, 0.4) is 0 Å². The van der Waals surface area contributed by atoms with Crippen LogP contribution in [0.5, 0.6) is 0 Å². The number of carbonyl (C=O) groups excluding carboxylic acids is 2. The first kappa shape index (κ1) is 24.9. The van der Waals surface area contributed by atoms with Gasteiger partial charge >= 0.3 is 0 Å². The number of hydrogen-bond acceptors (Lipinski definition) is 6. The van der Waals surface area contributed by atoms with Gasteiger partial charge in [-0.1, -0.05) is 30.3 Å². The van der Waals surface area contributed by atoms with Crippen molar-refractivity contribution >= 4 is 27.3 Å². The van der Waals surface area contributed by atoms with Gasteiger partial charge in [-0.05, 0) is 55.6 Å². The number of likely N-dealkylation sites (N-methyl/N-ethyl adjacent to an activating group) is 1. The molecular formula is C27H34N4O4S. The third-order valence-corrected chi connectivity index (χ3v) is 9.09. The number of amides is 2. The van der Waals surface area contributed by atoms with E-state index in [9.17, 15) is 18.0 Å². The monoisotopic (exact) mass is 510 g/mol. The standard InChI is InChI=1S/C27H34N4O4S/c1-29-21(9-12-25(32)31-16-13-20-5-3-4-6-23(20)31)17-28-27(33)26-24(29)14-15-30(26)18-19-7-10-22(11-8-19)36(2,34)35/h3-8,10-11,21,24,26H,9,12-18H2,1-2H3,(H,28,33)/t21-,24-,26-/m0/s1. The van der Waals surface area contributed by atoms with Crippen LogP contribution >= 0.6 is 0 Å². The Kier molecular flexibility index (Phi) is 6.89. The molecule has 8 nitrogen and oxygen atoms in total. The van der Waals surface area contributed by atoms with Crippen LogP contribution in [0.4, 0.5) is 5.69 Å². The summed E-state index contributed by atoms with van der Waals surface area (Å²) >= 11 is 0. The molecule has 0 unspecified atom stereocenters. The van der Waals surface area contributed by atoms with Crippen molar-refractivity contribution < 1.29 is 18.0 Å². The van der Waals surface area contributed by atoms with Gasteiger partial charge in [-0.2, -0.15) is 0 Å². The van der Waals surface area contributed by atoms with Crippen LogP contribution < -0.4 is 10.2 Å². The highest BCUT2D eigenvalue weighted by molar-refractivity contribution is 7.90. The summed E-state index contributed by atoms with van der Waals surface area (Å²) in [5, 5.41) is 3.12. The summed E-state index contributed by atoms with van der Waals surface area (Å²) in [7, 11) is -1.16. The number of carbonyl (C=O) groups is 2.